The Hall–Kier alpha value is -1.46. The summed E-state index contributed by atoms with van der Waals surface area (Å²) in [5.74, 6) is 0.133. The monoisotopic (exact) mass is 316 g/mol. The predicted octanol–water partition coefficient (Wildman–Crippen LogP) is 2.33. The Labute approximate surface area is 137 Å². The van der Waals surface area contributed by atoms with Crippen molar-refractivity contribution >= 4 is 5.97 Å². The molecule has 1 saturated carbocycles. The minimum absolute atomic E-state index is 0.00171. The molecule has 3 aliphatic rings. The number of hydrogen-bond donors (Lipinski definition) is 0. The van der Waals surface area contributed by atoms with Crippen molar-refractivity contribution in [3.05, 3.63) is 30.1 Å². The SMILES string of the molecule is O=C(O[C@@H]1CCCN(C2COC2)[C@@H]1c1cccnc1)C1CCC1. The number of esters is 1. The molecular weight excluding hydrogens is 292 g/mol. The first kappa shape index (κ1) is 15.1. The fourth-order valence-electron chi connectivity index (χ4n) is 3.78. The molecule has 2 atom stereocenters. The van der Waals surface area contributed by atoms with Crippen LogP contribution in [-0.4, -0.2) is 47.8 Å². The van der Waals surface area contributed by atoms with Crippen LogP contribution in [0.15, 0.2) is 24.5 Å². The fourth-order valence-corrected chi connectivity index (χ4v) is 3.78. The highest BCUT2D eigenvalue weighted by Crippen LogP contribution is 2.37. The molecule has 0 N–H and O–H groups in total. The molecule has 5 heteroatoms. The minimum atomic E-state index is -0.0679. The molecule has 0 radical (unpaired) electrons. The molecule has 2 aliphatic heterocycles. The number of pyridine rings is 1. The number of hydrogen-bond acceptors (Lipinski definition) is 5. The van der Waals surface area contributed by atoms with Crippen LogP contribution in [0.3, 0.4) is 0 Å². The number of piperidine rings is 1. The first-order valence-corrected chi connectivity index (χ1v) is 8.77. The summed E-state index contributed by atoms with van der Waals surface area (Å²) in [6.07, 6.45) is 8.76. The zero-order valence-corrected chi connectivity index (χ0v) is 13.4. The number of rotatable bonds is 4. The smallest absolute Gasteiger partial charge is 0.309 e. The molecule has 2 saturated heterocycles. The van der Waals surface area contributed by atoms with E-state index in [0.29, 0.717) is 6.04 Å². The van der Waals surface area contributed by atoms with Crippen LogP contribution in [0.25, 0.3) is 0 Å². The number of nitrogens with zero attached hydrogens (tertiary/aromatic N) is 2. The Balaban J connectivity index is 1.55. The molecule has 124 valence electrons. The fraction of sp³-hybridized carbons (Fsp3) is 0.667. The largest absolute Gasteiger partial charge is 0.460 e. The van der Waals surface area contributed by atoms with Gasteiger partial charge in [0.25, 0.3) is 0 Å². The Kier molecular flexibility index (Phi) is 4.31. The van der Waals surface area contributed by atoms with Gasteiger partial charge in [0.1, 0.15) is 6.10 Å². The van der Waals surface area contributed by atoms with Gasteiger partial charge in [-0.25, -0.2) is 0 Å². The maximum atomic E-state index is 12.3. The third-order valence-electron chi connectivity index (χ3n) is 5.44. The van der Waals surface area contributed by atoms with E-state index in [1.54, 1.807) is 6.20 Å². The van der Waals surface area contributed by atoms with Gasteiger partial charge in [0.2, 0.25) is 0 Å². The van der Waals surface area contributed by atoms with Gasteiger partial charge in [-0.3, -0.25) is 14.7 Å². The predicted molar refractivity (Wildman–Crippen MR) is 84.7 cm³/mol. The summed E-state index contributed by atoms with van der Waals surface area (Å²) in [5.41, 5.74) is 1.14. The van der Waals surface area contributed by atoms with Crippen molar-refractivity contribution in [2.24, 2.45) is 5.92 Å². The average molecular weight is 316 g/mol. The zero-order valence-electron chi connectivity index (χ0n) is 13.4. The summed E-state index contributed by atoms with van der Waals surface area (Å²) in [4.78, 5) is 19.1. The standard InChI is InChI=1S/C18H24N2O3/c21-18(13-4-1-5-13)23-16-7-3-9-20(15-11-22-12-15)17(16)14-6-2-8-19-10-14/h2,6,8,10,13,15-17H,1,3-5,7,9,11-12H2/t16-,17-/m1/s1. The van der Waals surface area contributed by atoms with Gasteiger partial charge in [-0.2, -0.15) is 0 Å². The Morgan fingerprint density at radius 2 is 2.13 bits per heavy atom. The number of carbonyl (C=O) groups is 1. The van der Waals surface area contributed by atoms with E-state index in [2.05, 4.69) is 16.0 Å². The Morgan fingerprint density at radius 1 is 1.26 bits per heavy atom. The first-order chi connectivity index (χ1) is 11.3. The summed E-state index contributed by atoms with van der Waals surface area (Å²) < 4.78 is 11.4. The van der Waals surface area contributed by atoms with Crippen LogP contribution in [0.1, 0.15) is 43.7 Å². The summed E-state index contributed by atoms with van der Waals surface area (Å²) in [6, 6.07) is 4.60. The average Bonchev–Trinajstić information content (AvgIpc) is 2.45. The van der Waals surface area contributed by atoms with Gasteiger partial charge in [-0.15, -0.1) is 0 Å². The van der Waals surface area contributed by atoms with Crippen LogP contribution in [-0.2, 0) is 14.3 Å². The Morgan fingerprint density at radius 3 is 2.74 bits per heavy atom. The van der Waals surface area contributed by atoms with Crippen LogP contribution in [0.5, 0.6) is 0 Å². The number of ether oxygens (including phenoxy) is 2. The lowest BCUT2D eigenvalue weighted by atomic mass is 9.85. The summed E-state index contributed by atoms with van der Waals surface area (Å²) in [5, 5.41) is 0. The molecule has 0 spiro atoms. The molecule has 4 rings (SSSR count). The van der Waals surface area contributed by atoms with Crippen LogP contribution in [0, 0.1) is 5.92 Å². The van der Waals surface area contributed by atoms with E-state index < -0.39 is 0 Å². The van der Waals surface area contributed by atoms with Gasteiger partial charge < -0.3 is 9.47 Å². The zero-order chi connectivity index (χ0) is 15.6. The van der Waals surface area contributed by atoms with Crippen LogP contribution < -0.4 is 0 Å². The highest BCUT2D eigenvalue weighted by molar-refractivity contribution is 5.73. The molecule has 1 aromatic heterocycles. The molecule has 0 unspecified atom stereocenters. The van der Waals surface area contributed by atoms with Crippen molar-refractivity contribution in [3.8, 4) is 0 Å². The van der Waals surface area contributed by atoms with E-state index in [1.165, 1.54) is 0 Å². The highest BCUT2D eigenvalue weighted by atomic mass is 16.5. The van der Waals surface area contributed by atoms with E-state index >= 15 is 0 Å². The van der Waals surface area contributed by atoms with Crippen molar-refractivity contribution in [1.29, 1.82) is 0 Å². The van der Waals surface area contributed by atoms with Crippen LogP contribution >= 0.6 is 0 Å². The third-order valence-corrected chi connectivity index (χ3v) is 5.44. The van der Waals surface area contributed by atoms with E-state index in [0.717, 1.165) is 57.4 Å². The van der Waals surface area contributed by atoms with Crippen molar-refractivity contribution in [2.45, 2.75) is 50.3 Å². The minimum Gasteiger partial charge on any atom is -0.460 e. The summed E-state index contributed by atoms with van der Waals surface area (Å²) in [7, 11) is 0. The van der Waals surface area contributed by atoms with Gasteiger partial charge in [-0.1, -0.05) is 12.5 Å². The molecule has 1 aliphatic carbocycles. The number of carbonyl (C=O) groups excluding carboxylic acids is 1. The van der Waals surface area contributed by atoms with E-state index in [9.17, 15) is 4.79 Å². The van der Waals surface area contributed by atoms with Crippen molar-refractivity contribution < 1.29 is 14.3 Å². The first-order valence-electron chi connectivity index (χ1n) is 8.77. The van der Waals surface area contributed by atoms with Crippen LogP contribution in [0.4, 0.5) is 0 Å². The molecule has 3 fully saturated rings. The maximum absolute atomic E-state index is 12.3. The molecule has 0 bridgehead atoms. The van der Waals surface area contributed by atoms with Gasteiger partial charge in [0.15, 0.2) is 0 Å². The summed E-state index contributed by atoms with van der Waals surface area (Å²) in [6.45, 7) is 2.59. The maximum Gasteiger partial charge on any atom is 0.309 e. The van der Waals surface area contributed by atoms with Crippen molar-refractivity contribution in [2.75, 3.05) is 19.8 Å². The molecule has 23 heavy (non-hydrogen) atoms. The van der Waals surface area contributed by atoms with E-state index in [4.69, 9.17) is 9.47 Å². The number of aromatic nitrogens is 1. The highest BCUT2D eigenvalue weighted by Gasteiger charge is 2.42. The van der Waals surface area contributed by atoms with Gasteiger partial charge in [-0.05, 0) is 43.9 Å². The molecule has 1 aromatic rings. The lowest BCUT2D eigenvalue weighted by Crippen LogP contribution is -2.55. The summed E-state index contributed by atoms with van der Waals surface area (Å²) >= 11 is 0. The van der Waals surface area contributed by atoms with E-state index in [1.807, 2.05) is 12.3 Å². The lowest BCUT2D eigenvalue weighted by molar-refractivity contribution is -0.170. The quantitative estimate of drug-likeness (QED) is 0.798. The molecule has 3 heterocycles. The molecule has 5 nitrogen and oxygen atoms in total. The second kappa shape index (κ2) is 6.57. The van der Waals surface area contributed by atoms with Gasteiger partial charge in [0, 0.05) is 12.4 Å². The molecule has 0 amide bonds. The molecular formula is C18H24N2O3. The van der Waals surface area contributed by atoms with Gasteiger partial charge in [0.05, 0.1) is 31.2 Å². The second-order valence-electron chi connectivity index (χ2n) is 6.91. The van der Waals surface area contributed by atoms with Crippen molar-refractivity contribution in [1.82, 2.24) is 9.88 Å². The number of likely N-dealkylation sites (tertiary alicyclic amines) is 1. The Bertz CT molecular complexity index is 542. The topological polar surface area (TPSA) is 51.7 Å². The normalized spacial score (nSPS) is 29.6. The lowest BCUT2D eigenvalue weighted by Gasteiger charge is -2.47. The third kappa shape index (κ3) is 3.00. The van der Waals surface area contributed by atoms with Crippen molar-refractivity contribution in [3.63, 3.8) is 0 Å². The molecule has 0 aromatic carbocycles. The van der Waals surface area contributed by atoms with Gasteiger partial charge >= 0.3 is 5.97 Å². The van der Waals surface area contributed by atoms with Crippen LogP contribution in [0.2, 0.25) is 0 Å². The van der Waals surface area contributed by atoms with E-state index in [-0.39, 0.29) is 24.0 Å². The second-order valence-corrected chi connectivity index (χ2v) is 6.91.